The topological polar surface area (TPSA) is 25.8 Å². The summed E-state index contributed by atoms with van der Waals surface area (Å²) >= 11 is 0. The Labute approximate surface area is 77.3 Å². The molecule has 0 aliphatic carbocycles. The third-order valence-electron chi connectivity index (χ3n) is 1.87. The van der Waals surface area contributed by atoms with E-state index in [1.165, 1.54) is 0 Å². The zero-order valence-corrected chi connectivity index (χ0v) is 7.14. The molecule has 13 heavy (non-hydrogen) atoms. The molecule has 1 radical (unpaired) electrons. The molecule has 1 aromatic carbocycles. The molecule has 0 atom stereocenters. The van der Waals surface area contributed by atoms with E-state index in [9.17, 15) is 0 Å². The van der Waals surface area contributed by atoms with Crippen molar-refractivity contribution >= 4 is 0 Å². The van der Waals surface area contributed by atoms with E-state index in [1.54, 1.807) is 12.4 Å². The largest absolute Gasteiger partial charge is 0.159 e. The Morgan fingerprint density at radius 3 is 2.23 bits per heavy atom. The Morgan fingerprint density at radius 2 is 1.62 bits per heavy atom. The lowest BCUT2D eigenvalue weighted by atomic mass is 10.1. The van der Waals surface area contributed by atoms with E-state index in [4.69, 9.17) is 0 Å². The third kappa shape index (κ3) is 1.72. The fourth-order valence-electron chi connectivity index (χ4n) is 1.16. The molecule has 2 nitrogen and oxygen atoms in total. The van der Waals surface area contributed by atoms with Crippen molar-refractivity contribution in [1.29, 1.82) is 0 Å². The van der Waals surface area contributed by atoms with Gasteiger partial charge in [-0.1, -0.05) is 24.3 Å². The van der Waals surface area contributed by atoms with Crippen molar-refractivity contribution in [3.05, 3.63) is 55.2 Å². The van der Waals surface area contributed by atoms with Crippen LogP contribution in [-0.4, -0.2) is 10.2 Å². The summed E-state index contributed by atoms with van der Waals surface area (Å²) < 4.78 is 0. The standard InChI is InChI=1S/C11H9N2/c1-9-2-4-10(5-3-9)11-6-7-12-13-8-11/h2-8H,1H2. The van der Waals surface area contributed by atoms with E-state index >= 15 is 0 Å². The maximum absolute atomic E-state index is 3.83. The van der Waals surface area contributed by atoms with Crippen molar-refractivity contribution in [1.82, 2.24) is 10.2 Å². The van der Waals surface area contributed by atoms with Crippen LogP contribution in [0.5, 0.6) is 0 Å². The molecule has 0 spiro atoms. The van der Waals surface area contributed by atoms with Crippen LogP contribution in [0.3, 0.4) is 0 Å². The molecule has 0 N–H and O–H groups in total. The van der Waals surface area contributed by atoms with Crippen LogP contribution in [0, 0.1) is 6.92 Å². The molecular formula is C11H9N2. The number of aromatic nitrogens is 2. The average molecular weight is 169 g/mol. The highest BCUT2D eigenvalue weighted by atomic mass is 15.1. The Morgan fingerprint density at radius 1 is 0.846 bits per heavy atom. The van der Waals surface area contributed by atoms with E-state index in [0.717, 1.165) is 16.7 Å². The van der Waals surface area contributed by atoms with E-state index in [1.807, 2.05) is 30.3 Å². The zero-order chi connectivity index (χ0) is 9.10. The molecule has 0 bridgehead atoms. The molecule has 2 heteroatoms. The smallest absolute Gasteiger partial charge is 0.0574 e. The lowest BCUT2D eigenvalue weighted by molar-refractivity contribution is 1.03. The zero-order valence-electron chi connectivity index (χ0n) is 7.14. The van der Waals surface area contributed by atoms with Gasteiger partial charge >= 0.3 is 0 Å². The van der Waals surface area contributed by atoms with Crippen molar-refractivity contribution in [2.24, 2.45) is 0 Å². The summed E-state index contributed by atoms with van der Waals surface area (Å²) in [6.07, 6.45) is 3.44. The highest BCUT2D eigenvalue weighted by molar-refractivity contribution is 5.62. The van der Waals surface area contributed by atoms with Crippen molar-refractivity contribution in [3.63, 3.8) is 0 Å². The van der Waals surface area contributed by atoms with Gasteiger partial charge in [-0.2, -0.15) is 10.2 Å². The maximum Gasteiger partial charge on any atom is 0.0574 e. The monoisotopic (exact) mass is 169 g/mol. The fraction of sp³-hybridized carbons (Fsp3) is 0. The van der Waals surface area contributed by atoms with E-state index in [0.29, 0.717) is 0 Å². The lowest BCUT2D eigenvalue weighted by Crippen LogP contribution is -1.82. The summed E-state index contributed by atoms with van der Waals surface area (Å²) in [5.74, 6) is 0. The van der Waals surface area contributed by atoms with Crippen LogP contribution in [0.4, 0.5) is 0 Å². The van der Waals surface area contributed by atoms with Crippen LogP contribution in [0.15, 0.2) is 42.7 Å². The van der Waals surface area contributed by atoms with Crippen LogP contribution in [0.1, 0.15) is 5.56 Å². The predicted molar refractivity (Wildman–Crippen MR) is 51.9 cm³/mol. The number of benzene rings is 1. The maximum atomic E-state index is 3.83. The highest BCUT2D eigenvalue weighted by Gasteiger charge is 1.95. The van der Waals surface area contributed by atoms with Crippen LogP contribution in [0.25, 0.3) is 11.1 Å². The quantitative estimate of drug-likeness (QED) is 0.654. The molecule has 0 aliphatic heterocycles. The van der Waals surface area contributed by atoms with Gasteiger partial charge in [-0.05, 0) is 24.1 Å². The second-order valence-electron chi connectivity index (χ2n) is 2.83. The van der Waals surface area contributed by atoms with Gasteiger partial charge in [-0.3, -0.25) is 0 Å². The Balaban J connectivity index is 2.42. The molecule has 0 unspecified atom stereocenters. The Hall–Kier alpha value is -1.70. The van der Waals surface area contributed by atoms with Gasteiger partial charge in [-0.25, -0.2) is 0 Å². The van der Waals surface area contributed by atoms with Crippen molar-refractivity contribution in [2.75, 3.05) is 0 Å². The molecule has 63 valence electrons. The summed E-state index contributed by atoms with van der Waals surface area (Å²) in [4.78, 5) is 0. The number of hydrogen-bond acceptors (Lipinski definition) is 2. The van der Waals surface area contributed by atoms with Crippen LogP contribution in [-0.2, 0) is 0 Å². The van der Waals surface area contributed by atoms with Gasteiger partial charge in [0.2, 0.25) is 0 Å². The van der Waals surface area contributed by atoms with Gasteiger partial charge in [0.25, 0.3) is 0 Å². The van der Waals surface area contributed by atoms with Crippen molar-refractivity contribution in [3.8, 4) is 11.1 Å². The van der Waals surface area contributed by atoms with Crippen molar-refractivity contribution in [2.45, 2.75) is 0 Å². The molecular weight excluding hydrogens is 160 g/mol. The van der Waals surface area contributed by atoms with Crippen LogP contribution in [0.2, 0.25) is 0 Å². The van der Waals surface area contributed by atoms with Crippen LogP contribution < -0.4 is 0 Å². The molecule has 0 fully saturated rings. The molecule has 2 rings (SSSR count). The predicted octanol–water partition coefficient (Wildman–Crippen LogP) is 2.33. The summed E-state index contributed by atoms with van der Waals surface area (Å²) in [7, 11) is 0. The molecule has 0 saturated heterocycles. The van der Waals surface area contributed by atoms with E-state index < -0.39 is 0 Å². The highest BCUT2D eigenvalue weighted by Crippen LogP contribution is 2.17. The first kappa shape index (κ1) is 7.92. The summed E-state index contributed by atoms with van der Waals surface area (Å²) in [5, 5.41) is 7.54. The number of hydrogen-bond donors (Lipinski definition) is 0. The van der Waals surface area contributed by atoms with Crippen molar-refractivity contribution < 1.29 is 0 Å². The summed E-state index contributed by atoms with van der Waals surface area (Å²) in [6, 6.07) is 9.95. The molecule has 1 heterocycles. The molecule has 1 aromatic heterocycles. The normalized spacial score (nSPS) is 9.92. The van der Waals surface area contributed by atoms with Gasteiger partial charge in [0, 0.05) is 5.56 Å². The third-order valence-corrected chi connectivity index (χ3v) is 1.87. The molecule has 0 aliphatic rings. The summed E-state index contributed by atoms with van der Waals surface area (Å²) in [6.45, 7) is 3.83. The van der Waals surface area contributed by atoms with Gasteiger partial charge in [0.05, 0.1) is 12.4 Å². The second-order valence-corrected chi connectivity index (χ2v) is 2.83. The minimum absolute atomic E-state index is 1.02. The molecule has 2 aromatic rings. The first-order valence-corrected chi connectivity index (χ1v) is 4.05. The SMILES string of the molecule is [CH2]c1ccc(-c2ccnnc2)cc1. The average Bonchev–Trinajstić information content (AvgIpc) is 2.20. The fourth-order valence-corrected chi connectivity index (χ4v) is 1.16. The van der Waals surface area contributed by atoms with E-state index in [-0.39, 0.29) is 0 Å². The molecule has 0 saturated carbocycles. The minimum atomic E-state index is 1.02. The van der Waals surface area contributed by atoms with Gasteiger partial charge in [0.15, 0.2) is 0 Å². The number of nitrogens with zero attached hydrogens (tertiary/aromatic N) is 2. The van der Waals surface area contributed by atoms with Gasteiger partial charge in [-0.15, -0.1) is 0 Å². The second kappa shape index (κ2) is 3.35. The first-order chi connectivity index (χ1) is 6.36. The Bertz CT molecular complexity index is 379. The first-order valence-electron chi connectivity index (χ1n) is 4.05. The Kier molecular flexibility index (Phi) is 2.04. The van der Waals surface area contributed by atoms with Gasteiger partial charge in [0.1, 0.15) is 0 Å². The summed E-state index contributed by atoms with van der Waals surface area (Å²) in [5.41, 5.74) is 3.24. The molecule has 0 amide bonds. The van der Waals surface area contributed by atoms with Crippen LogP contribution >= 0.6 is 0 Å². The van der Waals surface area contributed by atoms with Gasteiger partial charge < -0.3 is 0 Å². The van der Waals surface area contributed by atoms with E-state index in [2.05, 4.69) is 17.1 Å². The lowest BCUT2D eigenvalue weighted by Gasteiger charge is -1.99. The minimum Gasteiger partial charge on any atom is -0.159 e. The number of rotatable bonds is 1.